The molecule has 1 saturated carbocycles. The molecule has 25 heavy (non-hydrogen) atoms. The van der Waals surface area contributed by atoms with Crippen LogP contribution < -0.4 is 0 Å². The Labute approximate surface area is 157 Å². The predicted octanol–water partition coefficient (Wildman–Crippen LogP) is 3.63. The van der Waals surface area contributed by atoms with Crippen LogP contribution in [-0.4, -0.2) is 53.6 Å². The van der Waals surface area contributed by atoms with Gasteiger partial charge in [-0.2, -0.15) is 0 Å². The van der Waals surface area contributed by atoms with Gasteiger partial charge in [-0.25, -0.2) is 4.79 Å². The van der Waals surface area contributed by atoms with Gasteiger partial charge in [0.2, 0.25) is 5.91 Å². The molecule has 2 unspecified atom stereocenters. The molecule has 2 atom stereocenters. The molecule has 1 aliphatic carbocycles. The Morgan fingerprint density at radius 1 is 1.08 bits per heavy atom. The third kappa shape index (κ3) is 4.35. The van der Waals surface area contributed by atoms with Gasteiger partial charge in [0.15, 0.2) is 0 Å². The summed E-state index contributed by atoms with van der Waals surface area (Å²) in [5, 5.41) is 0. The highest BCUT2D eigenvalue weighted by Gasteiger charge is 2.46. The third-order valence-corrected chi connectivity index (χ3v) is 5.38. The highest BCUT2D eigenvalue weighted by Crippen LogP contribution is 2.50. The number of rotatable bonds is 2. The van der Waals surface area contributed by atoms with E-state index >= 15 is 0 Å². The van der Waals surface area contributed by atoms with Crippen LogP contribution in [0.15, 0.2) is 28.7 Å². The molecular weight excluding hydrogens is 384 g/mol. The molecule has 6 heteroatoms. The van der Waals surface area contributed by atoms with Crippen LogP contribution in [0, 0.1) is 5.92 Å². The number of amides is 2. The maximum Gasteiger partial charge on any atom is 0.410 e. The number of hydrogen-bond acceptors (Lipinski definition) is 3. The first-order valence-corrected chi connectivity index (χ1v) is 9.57. The maximum atomic E-state index is 12.7. The molecule has 0 N–H and O–H groups in total. The first-order valence-electron chi connectivity index (χ1n) is 8.77. The number of halogens is 1. The number of benzene rings is 1. The Kier molecular flexibility index (Phi) is 5.09. The molecule has 0 aromatic heterocycles. The molecule has 5 nitrogen and oxygen atoms in total. The van der Waals surface area contributed by atoms with E-state index in [2.05, 4.69) is 22.0 Å². The lowest BCUT2D eigenvalue weighted by Crippen LogP contribution is -2.52. The summed E-state index contributed by atoms with van der Waals surface area (Å²) in [6.07, 6.45) is 0.616. The van der Waals surface area contributed by atoms with Gasteiger partial charge in [0, 0.05) is 36.6 Å². The molecule has 1 aliphatic heterocycles. The minimum Gasteiger partial charge on any atom is -0.444 e. The van der Waals surface area contributed by atoms with Gasteiger partial charge >= 0.3 is 6.09 Å². The van der Waals surface area contributed by atoms with Crippen molar-refractivity contribution in [3.05, 3.63) is 34.3 Å². The van der Waals surface area contributed by atoms with Crippen LogP contribution in [-0.2, 0) is 9.53 Å². The van der Waals surface area contributed by atoms with Crippen LogP contribution in [0.25, 0.3) is 0 Å². The van der Waals surface area contributed by atoms with Crippen LogP contribution in [0.4, 0.5) is 4.79 Å². The van der Waals surface area contributed by atoms with Gasteiger partial charge in [0.1, 0.15) is 5.60 Å². The highest BCUT2D eigenvalue weighted by molar-refractivity contribution is 9.10. The van der Waals surface area contributed by atoms with Crippen molar-refractivity contribution in [2.45, 2.75) is 38.7 Å². The lowest BCUT2D eigenvalue weighted by molar-refractivity contribution is -0.134. The summed E-state index contributed by atoms with van der Waals surface area (Å²) in [6.45, 7) is 7.81. The molecule has 0 radical (unpaired) electrons. The number of ether oxygens (including phenoxy) is 1. The van der Waals surface area contributed by atoms with Crippen LogP contribution in [0.5, 0.6) is 0 Å². The van der Waals surface area contributed by atoms with Gasteiger partial charge in [0.25, 0.3) is 0 Å². The number of piperazine rings is 1. The Bertz CT molecular complexity index is 663. The smallest absolute Gasteiger partial charge is 0.410 e. The topological polar surface area (TPSA) is 49.9 Å². The molecule has 3 rings (SSSR count). The molecule has 0 spiro atoms. The summed E-state index contributed by atoms with van der Waals surface area (Å²) < 4.78 is 6.47. The zero-order valence-electron chi connectivity index (χ0n) is 15.0. The van der Waals surface area contributed by atoms with Gasteiger partial charge in [-0.1, -0.05) is 34.1 Å². The second kappa shape index (κ2) is 6.98. The average Bonchev–Trinajstić information content (AvgIpc) is 3.33. The van der Waals surface area contributed by atoms with E-state index in [1.54, 1.807) is 4.90 Å². The first-order chi connectivity index (χ1) is 11.8. The fourth-order valence-corrected chi connectivity index (χ4v) is 3.84. The number of nitrogens with zero attached hydrogens (tertiary/aromatic N) is 2. The van der Waals surface area contributed by atoms with Crippen LogP contribution in [0.1, 0.15) is 38.7 Å². The van der Waals surface area contributed by atoms with E-state index in [4.69, 9.17) is 4.74 Å². The van der Waals surface area contributed by atoms with Crippen molar-refractivity contribution < 1.29 is 14.3 Å². The quantitative estimate of drug-likeness (QED) is 0.750. The summed E-state index contributed by atoms with van der Waals surface area (Å²) in [5.74, 6) is 0.600. The molecule has 1 heterocycles. The van der Waals surface area contributed by atoms with E-state index in [-0.39, 0.29) is 17.9 Å². The van der Waals surface area contributed by atoms with Crippen molar-refractivity contribution in [2.24, 2.45) is 5.92 Å². The second-order valence-corrected chi connectivity index (χ2v) is 8.62. The Hall–Kier alpha value is -1.56. The molecule has 2 amide bonds. The van der Waals surface area contributed by atoms with Gasteiger partial charge in [-0.05, 0) is 44.7 Å². The zero-order valence-corrected chi connectivity index (χ0v) is 16.6. The number of carbonyl (C=O) groups excluding carboxylic acids is 2. The number of carbonyl (C=O) groups is 2. The van der Waals surface area contributed by atoms with Crippen molar-refractivity contribution in [1.82, 2.24) is 9.80 Å². The number of hydrogen-bond donors (Lipinski definition) is 0. The summed E-state index contributed by atoms with van der Waals surface area (Å²) in [7, 11) is 0. The lowest BCUT2D eigenvalue weighted by atomic mass is 10.1. The minimum absolute atomic E-state index is 0.0757. The van der Waals surface area contributed by atoms with E-state index in [0.717, 1.165) is 10.9 Å². The van der Waals surface area contributed by atoms with Crippen molar-refractivity contribution in [2.75, 3.05) is 26.2 Å². The third-order valence-electron chi connectivity index (χ3n) is 4.66. The Balaban J connectivity index is 1.52. The second-order valence-electron chi connectivity index (χ2n) is 7.76. The van der Waals surface area contributed by atoms with Crippen molar-refractivity contribution in [1.29, 1.82) is 0 Å². The normalized spacial score (nSPS) is 23.4. The fraction of sp³-hybridized carbons (Fsp3) is 0.579. The predicted molar refractivity (Wildman–Crippen MR) is 99.4 cm³/mol. The fourth-order valence-electron chi connectivity index (χ4n) is 3.26. The van der Waals surface area contributed by atoms with Crippen molar-refractivity contribution >= 4 is 27.9 Å². The molecule has 2 aliphatic rings. The van der Waals surface area contributed by atoms with E-state index in [1.165, 1.54) is 5.56 Å². The first kappa shape index (κ1) is 18.2. The largest absolute Gasteiger partial charge is 0.444 e. The zero-order chi connectivity index (χ0) is 18.2. The van der Waals surface area contributed by atoms with Crippen molar-refractivity contribution in [3.8, 4) is 0 Å². The Morgan fingerprint density at radius 3 is 2.28 bits per heavy atom. The van der Waals surface area contributed by atoms with Gasteiger partial charge in [-0.3, -0.25) is 4.79 Å². The Morgan fingerprint density at radius 2 is 1.68 bits per heavy atom. The minimum atomic E-state index is -0.492. The molecule has 0 bridgehead atoms. The van der Waals surface area contributed by atoms with E-state index in [0.29, 0.717) is 32.1 Å². The molecule has 1 saturated heterocycles. The summed E-state index contributed by atoms with van der Waals surface area (Å²) in [6, 6.07) is 8.11. The molecule has 136 valence electrons. The van der Waals surface area contributed by atoms with Gasteiger partial charge in [-0.15, -0.1) is 0 Å². The van der Waals surface area contributed by atoms with Crippen molar-refractivity contribution in [3.63, 3.8) is 0 Å². The molecule has 1 aromatic carbocycles. The van der Waals surface area contributed by atoms with E-state index in [9.17, 15) is 9.59 Å². The monoisotopic (exact) mass is 408 g/mol. The summed E-state index contributed by atoms with van der Waals surface area (Å²) in [5.41, 5.74) is 0.724. The van der Waals surface area contributed by atoms with Crippen LogP contribution in [0.2, 0.25) is 0 Å². The molecular formula is C19H25BrN2O3. The van der Waals surface area contributed by atoms with Gasteiger partial charge < -0.3 is 14.5 Å². The molecule has 2 fully saturated rings. The SMILES string of the molecule is CC(C)(C)OC(=O)N1CCN(C(=O)C2CC2c2ccccc2Br)CC1. The highest BCUT2D eigenvalue weighted by atomic mass is 79.9. The standard InChI is InChI=1S/C19H25BrN2O3/c1-19(2,3)25-18(24)22-10-8-21(9-11-22)17(23)15-12-14(15)13-6-4-5-7-16(13)20/h4-7,14-15H,8-12H2,1-3H3. The molecule has 1 aromatic rings. The van der Waals surface area contributed by atoms with Gasteiger partial charge in [0.05, 0.1) is 0 Å². The van der Waals surface area contributed by atoms with Crippen LogP contribution in [0.3, 0.4) is 0 Å². The maximum absolute atomic E-state index is 12.7. The summed E-state index contributed by atoms with van der Waals surface area (Å²) in [4.78, 5) is 28.4. The summed E-state index contributed by atoms with van der Waals surface area (Å²) >= 11 is 3.57. The lowest BCUT2D eigenvalue weighted by Gasteiger charge is -2.35. The average molecular weight is 409 g/mol. The van der Waals surface area contributed by atoms with E-state index in [1.807, 2.05) is 43.9 Å². The van der Waals surface area contributed by atoms with E-state index < -0.39 is 5.60 Å². The van der Waals surface area contributed by atoms with Crippen LogP contribution >= 0.6 is 15.9 Å².